The number of nitrogens with zero attached hydrogens (tertiary/aromatic N) is 3. The highest BCUT2D eigenvalue weighted by molar-refractivity contribution is 5.61. The van der Waals surface area contributed by atoms with Crippen molar-refractivity contribution in [2.24, 2.45) is 0 Å². The Morgan fingerprint density at radius 2 is 1.64 bits per heavy atom. The van der Waals surface area contributed by atoms with E-state index >= 15 is 0 Å². The van der Waals surface area contributed by atoms with Gasteiger partial charge in [0, 0.05) is 6.54 Å². The number of hydrogen-bond donors (Lipinski definition) is 2. The van der Waals surface area contributed by atoms with E-state index in [1.54, 1.807) is 0 Å². The number of benzene rings is 2. The maximum absolute atomic E-state index is 13.0. The van der Waals surface area contributed by atoms with Gasteiger partial charge in [-0.25, -0.2) is 0 Å². The number of anilines is 3. The fourth-order valence-electron chi connectivity index (χ4n) is 2.19. The third-order valence-corrected chi connectivity index (χ3v) is 3.35. The highest BCUT2D eigenvalue weighted by Crippen LogP contribution is 2.35. The van der Waals surface area contributed by atoms with Crippen molar-refractivity contribution >= 4 is 17.5 Å². The predicted octanol–water partition coefficient (Wildman–Crippen LogP) is 4.25. The van der Waals surface area contributed by atoms with Crippen LogP contribution in [0.2, 0.25) is 0 Å². The van der Waals surface area contributed by atoms with Crippen LogP contribution in [0.25, 0.3) is 0 Å². The van der Waals surface area contributed by atoms with Crippen LogP contribution in [0.5, 0.6) is 0 Å². The zero-order chi connectivity index (χ0) is 17.7. The minimum absolute atomic E-state index is 0.0930. The van der Waals surface area contributed by atoms with Crippen LogP contribution in [0.3, 0.4) is 0 Å². The van der Waals surface area contributed by atoms with Gasteiger partial charge in [-0.2, -0.15) is 23.3 Å². The zero-order valence-corrected chi connectivity index (χ0v) is 13.0. The van der Waals surface area contributed by atoms with Crippen molar-refractivity contribution in [3.8, 4) is 0 Å². The Morgan fingerprint density at radius 3 is 2.40 bits per heavy atom. The van der Waals surface area contributed by atoms with Crippen molar-refractivity contribution < 1.29 is 13.2 Å². The number of para-hydroxylation sites is 1. The largest absolute Gasteiger partial charge is 0.418 e. The summed E-state index contributed by atoms with van der Waals surface area (Å²) in [6.07, 6.45) is -3.20. The summed E-state index contributed by atoms with van der Waals surface area (Å²) < 4.78 is 39.1. The highest BCUT2D eigenvalue weighted by Gasteiger charge is 2.33. The molecule has 0 amide bonds. The molecule has 5 nitrogen and oxygen atoms in total. The summed E-state index contributed by atoms with van der Waals surface area (Å²) in [4.78, 5) is 4.14. The summed E-state index contributed by atoms with van der Waals surface area (Å²) in [5, 5.41) is 13.2. The second kappa shape index (κ2) is 7.16. The van der Waals surface area contributed by atoms with Crippen LogP contribution in [-0.2, 0) is 12.7 Å². The van der Waals surface area contributed by atoms with E-state index in [9.17, 15) is 13.2 Å². The van der Waals surface area contributed by atoms with Gasteiger partial charge in [0.2, 0.25) is 5.95 Å². The fourth-order valence-corrected chi connectivity index (χ4v) is 2.19. The quantitative estimate of drug-likeness (QED) is 0.724. The molecule has 0 fully saturated rings. The van der Waals surface area contributed by atoms with Crippen LogP contribution in [0, 0.1) is 0 Å². The maximum atomic E-state index is 13.0. The van der Waals surface area contributed by atoms with E-state index in [1.165, 1.54) is 24.4 Å². The molecule has 3 aromatic rings. The van der Waals surface area contributed by atoms with Crippen LogP contribution in [0.15, 0.2) is 60.8 Å². The standard InChI is InChI=1S/C17H14F3N5/c18-17(19,20)13-8-4-5-9-14(13)23-15-11-22-25-16(24-15)21-10-12-6-2-1-3-7-12/h1-9,11H,10H2,(H2,21,23,24,25). The lowest BCUT2D eigenvalue weighted by Gasteiger charge is -2.14. The number of halogens is 3. The molecule has 0 aliphatic carbocycles. The molecule has 8 heteroatoms. The molecule has 0 unspecified atom stereocenters. The normalized spacial score (nSPS) is 11.2. The van der Waals surface area contributed by atoms with Gasteiger partial charge in [0.15, 0.2) is 5.82 Å². The average molecular weight is 345 g/mol. The van der Waals surface area contributed by atoms with Crippen molar-refractivity contribution in [2.45, 2.75) is 12.7 Å². The van der Waals surface area contributed by atoms with Gasteiger partial charge in [-0.05, 0) is 17.7 Å². The molecule has 2 aromatic carbocycles. The van der Waals surface area contributed by atoms with E-state index in [0.29, 0.717) is 6.54 Å². The van der Waals surface area contributed by atoms with Gasteiger partial charge in [-0.1, -0.05) is 42.5 Å². The molecular formula is C17H14F3N5. The van der Waals surface area contributed by atoms with Gasteiger partial charge < -0.3 is 10.6 Å². The number of aromatic nitrogens is 3. The van der Waals surface area contributed by atoms with Crippen LogP contribution >= 0.6 is 0 Å². The summed E-state index contributed by atoms with van der Waals surface area (Å²) in [7, 11) is 0. The van der Waals surface area contributed by atoms with Gasteiger partial charge in [0.1, 0.15) is 0 Å². The lowest BCUT2D eigenvalue weighted by Crippen LogP contribution is -2.10. The average Bonchev–Trinajstić information content (AvgIpc) is 2.61. The van der Waals surface area contributed by atoms with E-state index in [2.05, 4.69) is 25.8 Å². The van der Waals surface area contributed by atoms with Gasteiger partial charge in [0.25, 0.3) is 0 Å². The van der Waals surface area contributed by atoms with Crippen molar-refractivity contribution in [1.82, 2.24) is 15.2 Å². The first-order chi connectivity index (χ1) is 12.0. The number of nitrogens with one attached hydrogen (secondary N) is 2. The third kappa shape index (κ3) is 4.43. The smallest absolute Gasteiger partial charge is 0.349 e. The molecule has 25 heavy (non-hydrogen) atoms. The topological polar surface area (TPSA) is 62.7 Å². The molecule has 0 atom stereocenters. The Bertz CT molecular complexity index is 837. The van der Waals surface area contributed by atoms with Crippen LogP contribution in [0.4, 0.5) is 30.6 Å². The maximum Gasteiger partial charge on any atom is 0.418 e. The summed E-state index contributed by atoms with van der Waals surface area (Å²) >= 11 is 0. The second-order valence-corrected chi connectivity index (χ2v) is 5.17. The van der Waals surface area contributed by atoms with Crippen LogP contribution < -0.4 is 10.6 Å². The molecular weight excluding hydrogens is 331 g/mol. The number of alkyl halides is 3. The van der Waals surface area contributed by atoms with E-state index in [-0.39, 0.29) is 17.5 Å². The first-order valence-electron chi connectivity index (χ1n) is 7.43. The molecule has 0 radical (unpaired) electrons. The number of rotatable bonds is 5. The van der Waals surface area contributed by atoms with E-state index in [1.807, 2.05) is 30.3 Å². The van der Waals surface area contributed by atoms with Crippen LogP contribution in [-0.4, -0.2) is 15.2 Å². The summed E-state index contributed by atoms with van der Waals surface area (Å²) in [6.45, 7) is 0.477. The van der Waals surface area contributed by atoms with Gasteiger partial charge in [0.05, 0.1) is 17.4 Å². The van der Waals surface area contributed by atoms with Crippen molar-refractivity contribution in [3.05, 3.63) is 71.9 Å². The Balaban J connectivity index is 1.74. The fraction of sp³-hybridized carbons (Fsp3) is 0.118. The molecule has 0 saturated heterocycles. The summed E-state index contributed by atoms with van der Waals surface area (Å²) in [5.41, 5.74) is 0.156. The lowest BCUT2D eigenvalue weighted by molar-refractivity contribution is -0.136. The van der Waals surface area contributed by atoms with Crippen molar-refractivity contribution in [3.63, 3.8) is 0 Å². The lowest BCUT2D eigenvalue weighted by atomic mass is 10.1. The second-order valence-electron chi connectivity index (χ2n) is 5.17. The minimum atomic E-state index is -4.46. The molecule has 0 saturated carbocycles. The van der Waals surface area contributed by atoms with Crippen molar-refractivity contribution in [2.75, 3.05) is 10.6 Å². The van der Waals surface area contributed by atoms with Crippen LogP contribution in [0.1, 0.15) is 11.1 Å². The summed E-state index contributed by atoms with van der Waals surface area (Å²) in [6, 6.07) is 14.8. The molecule has 0 bridgehead atoms. The first-order valence-corrected chi connectivity index (χ1v) is 7.43. The van der Waals surface area contributed by atoms with E-state index in [0.717, 1.165) is 11.6 Å². The molecule has 0 aliphatic rings. The van der Waals surface area contributed by atoms with Gasteiger partial charge in [-0.15, -0.1) is 5.10 Å². The van der Waals surface area contributed by atoms with Crippen molar-refractivity contribution in [1.29, 1.82) is 0 Å². The van der Waals surface area contributed by atoms with E-state index in [4.69, 9.17) is 0 Å². The summed E-state index contributed by atoms with van der Waals surface area (Å²) in [5.74, 6) is 0.389. The Labute approximate surface area is 141 Å². The Kier molecular flexibility index (Phi) is 4.78. The molecule has 128 valence electrons. The third-order valence-electron chi connectivity index (χ3n) is 3.35. The SMILES string of the molecule is FC(F)(F)c1ccccc1Nc1cnnc(NCc2ccccc2)n1. The molecule has 3 rings (SSSR count). The molecule has 2 N–H and O–H groups in total. The molecule has 0 spiro atoms. The predicted molar refractivity (Wildman–Crippen MR) is 88.3 cm³/mol. The van der Waals surface area contributed by atoms with Gasteiger partial charge in [-0.3, -0.25) is 0 Å². The van der Waals surface area contributed by atoms with Gasteiger partial charge >= 0.3 is 6.18 Å². The number of hydrogen-bond acceptors (Lipinski definition) is 5. The zero-order valence-electron chi connectivity index (χ0n) is 13.0. The first kappa shape index (κ1) is 16.7. The van der Waals surface area contributed by atoms with E-state index < -0.39 is 11.7 Å². The minimum Gasteiger partial charge on any atom is -0.349 e. The monoisotopic (exact) mass is 345 g/mol. The molecule has 1 aromatic heterocycles. The molecule has 0 aliphatic heterocycles. The molecule has 1 heterocycles. The Hall–Kier alpha value is -3.16. The highest BCUT2D eigenvalue weighted by atomic mass is 19.4. The Morgan fingerprint density at radius 1 is 0.920 bits per heavy atom.